The molecule has 4 rings (SSSR count). The van der Waals surface area contributed by atoms with Gasteiger partial charge in [-0.3, -0.25) is 19.8 Å². The van der Waals surface area contributed by atoms with E-state index in [1.807, 2.05) is 19.1 Å². The molecule has 2 aromatic heterocycles. The smallest absolute Gasteiger partial charge is 0.276 e. The van der Waals surface area contributed by atoms with E-state index in [9.17, 15) is 9.59 Å². The number of nitrogens with one attached hydrogen (secondary N) is 2. The first kappa shape index (κ1) is 22.2. The maximum atomic E-state index is 13.0. The molecular weight excluding hydrogens is 408 g/mol. The zero-order valence-electron chi connectivity index (χ0n) is 18.6. The molecule has 2 aliphatic heterocycles. The van der Waals surface area contributed by atoms with Crippen LogP contribution in [0.2, 0.25) is 0 Å². The number of carbonyl (C=O) groups excluding carboxylic acids is 2. The number of pyridine rings is 2. The van der Waals surface area contributed by atoms with E-state index in [0.29, 0.717) is 17.9 Å². The molecule has 0 atom stereocenters. The Bertz CT molecular complexity index is 1000. The van der Waals surface area contributed by atoms with Crippen LogP contribution in [0.25, 0.3) is 0 Å². The van der Waals surface area contributed by atoms with Crippen molar-refractivity contribution in [3.05, 3.63) is 47.4 Å². The van der Waals surface area contributed by atoms with Crippen LogP contribution >= 0.6 is 0 Å². The molecule has 2 aliphatic rings. The molecule has 0 aromatic carbocycles. The fourth-order valence-electron chi connectivity index (χ4n) is 4.36. The van der Waals surface area contributed by atoms with E-state index in [1.54, 1.807) is 17.7 Å². The van der Waals surface area contributed by atoms with Gasteiger partial charge in [0.05, 0.1) is 17.8 Å². The Kier molecular flexibility index (Phi) is 6.38. The lowest BCUT2D eigenvalue weighted by Crippen LogP contribution is -2.44. The monoisotopic (exact) mass is 438 g/mol. The van der Waals surface area contributed by atoms with Crippen molar-refractivity contribution in [2.24, 2.45) is 5.41 Å². The number of likely N-dealkylation sites (tertiary alicyclic amines) is 1. The maximum Gasteiger partial charge on any atom is 0.276 e. The molecule has 0 aliphatic carbocycles. The predicted octanol–water partition coefficient (Wildman–Crippen LogP) is 2.22. The molecule has 2 aromatic rings. The minimum Gasteiger partial charge on any atom is -0.365 e. The van der Waals surface area contributed by atoms with Crippen LogP contribution in [0.4, 0.5) is 11.5 Å². The molecule has 1 fully saturated rings. The van der Waals surface area contributed by atoms with Gasteiger partial charge in [0.15, 0.2) is 0 Å². The SMILES string of the molecule is CCN1CCC(C)(C(=O)Nc2cc(N3CCc4cc(C(=O)NO)cnc4C3)ccn2)CC1. The third-order valence-electron chi connectivity index (χ3n) is 6.72. The van der Waals surface area contributed by atoms with Gasteiger partial charge in [0, 0.05) is 36.1 Å². The highest BCUT2D eigenvalue weighted by atomic mass is 16.5. The van der Waals surface area contributed by atoms with Crippen LogP contribution < -0.4 is 15.7 Å². The Morgan fingerprint density at radius 1 is 1.19 bits per heavy atom. The Hall–Kier alpha value is -3.04. The lowest BCUT2D eigenvalue weighted by Gasteiger charge is -2.37. The summed E-state index contributed by atoms with van der Waals surface area (Å²) < 4.78 is 0. The van der Waals surface area contributed by atoms with Crippen molar-refractivity contribution in [1.82, 2.24) is 20.3 Å². The number of rotatable bonds is 5. The van der Waals surface area contributed by atoms with Gasteiger partial charge in [0.1, 0.15) is 5.82 Å². The van der Waals surface area contributed by atoms with Crippen LogP contribution in [-0.2, 0) is 17.8 Å². The quantitative estimate of drug-likeness (QED) is 0.485. The van der Waals surface area contributed by atoms with Gasteiger partial charge in [0.25, 0.3) is 5.91 Å². The number of piperidine rings is 1. The summed E-state index contributed by atoms with van der Waals surface area (Å²) in [5.74, 6) is 0.0185. The minimum absolute atomic E-state index is 0.0262. The van der Waals surface area contributed by atoms with Crippen molar-refractivity contribution in [2.75, 3.05) is 36.4 Å². The summed E-state index contributed by atoms with van der Waals surface area (Å²) in [4.78, 5) is 38.0. The van der Waals surface area contributed by atoms with Gasteiger partial charge in [-0.05, 0) is 56.6 Å². The van der Waals surface area contributed by atoms with Crippen molar-refractivity contribution in [1.29, 1.82) is 0 Å². The van der Waals surface area contributed by atoms with E-state index in [1.165, 1.54) is 6.20 Å². The zero-order valence-corrected chi connectivity index (χ0v) is 18.6. The van der Waals surface area contributed by atoms with Crippen LogP contribution in [0.1, 0.15) is 48.3 Å². The van der Waals surface area contributed by atoms with Crippen LogP contribution in [0, 0.1) is 5.41 Å². The highest BCUT2D eigenvalue weighted by Crippen LogP contribution is 2.32. The first-order valence-electron chi connectivity index (χ1n) is 11.1. The number of hydrogen-bond acceptors (Lipinski definition) is 7. The zero-order chi connectivity index (χ0) is 22.7. The second-order valence-corrected chi connectivity index (χ2v) is 8.79. The molecule has 3 N–H and O–H groups in total. The van der Waals surface area contributed by atoms with Crippen molar-refractivity contribution in [3.63, 3.8) is 0 Å². The molecule has 1 saturated heterocycles. The maximum absolute atomic E-state index is 13.0. The summed E-state index contributed by atoms with van der Waals surface area (Å²) in [5, 5.41) is 11.9. The normalized spacial score (nSPS) is 18.0. The Morgan fingerprint density at radius 3 is 2.69 bits per heavy atom. The Labute approximate surface area is 187 Å². The average molecular weight is 439 g/mol. The van der Waals surface area contributed by atoms with Gasteiger partial charge < -0.3 is 15.1 Å². The minimum atomic E-state index is -0.564. The van der Waals surface area contributed by atoms with E-state index in [2.05, 4.69) is 32.0 Å². The van der Waals surface area contributed by atoms with E-state index in [-0.39, 0.29) is 11.3 Å². The molecule has 170 valence electrons. The third kappa shape index (κ3) is 4.58. The second-order valence-electron chi connectivity index (χ2n) is 8.79. The average Bonchev–Trinajstić information content (AvgIpc) is 2.83. The van der Waals surface area contributed by atoms with Gasteiger partial charge in [-0.2, -0.15) is 0 Å². The second kappa shape index (κ2) is 9.22. The predicted molar refractivity (Wildman–Crippen MR) is 121 cm³/mol. The molecule has 0 unspecified atom stereocenters. The topological polar surface area (TPSA) is 111 Å². The summed E-state index contributed by atoms with van der Waals surface area (Å²) >= 11 is 0. The Balaban J connectivity index is 1.43. The lowest BCUT2D eigenvalue weighted by molar-refractivity contribution is -0.127. The molecular formula is C23H30N6O3. The molecule has 9 nitrogen and oxygen atoms in total. The number of fused-ring (bicyclic) bond motifs is 1. The summed E-state index contributed by atoms with van der Waals surface area (Å²) in [6.07, 6.45) is 5.60. The standard InChI is InChI=1S/C23H30N6O3/c1-3-28-10-6-23(2,7-11-28)22(31)26-20-13-18(4-8-24-20)29-9-5-16-12-17(21(30)27-32)14-25-19(16)15-29/h4,8,12-14,32H,3,5-7,9-11,15H2,1-2H3,(H,27,30)(H,24,26,31). The number of hydroxylamine groups is 1. The third-order valence-corrected chi connectivity index (χ3v) is 6.72. The van der Waals surface area contributed by atoms with E-state index in [0.717, 1.165) is 62.4 Å². The summed E-state index contributed by atoms with van der Waals surface area (Å²) in [6.45, 7) is 8.44. The van der Waals surface area contributed by atoms with Gasteiger partial charge in [0.2, 0.25) is 5.91 Å². The van der Waals surface area contributed by atoms with E-state index < -0.39 is 5.91 Å². The number of aromatic nitrogens is 2. The van der Waals surface area contributed by atoms with Crippen LogP contribution in [-0.4, -0.2) is 58.1 Å². The molecule has 0 saturated carbocycles. The summed E-state index contributed by atoms with van der Waals surface area (Å²) in [7, 11) is 0. The highest BCUT2D eigenvalue weighted by molar-refractivity contribution is 5.95. The van der Waals surface area contributed by atoms with Crippen molar-refractivity contribution >= 4 is 23.3 Å². The van der Waals surface area contributed by atoms with E-state index in [4.69, 9.17) is 5.21 Å². The number of hydrogen-bond donors (Lipinski definition) is 3. The summed E-state index contributed by atoms with van der Waals surface area (Å²) in [5.41, 5.74) is 4.46. The van der Waals surface area contributed by atoms with Gasteiger partial charge >= 0.3 is 0 Å². The van der Waals surface area contributed by atoms with Gasteiger partial charge in [-0.15, -0.1) is 0 Å². The number of carbonyl (C=O) groups is 2. The summed E-state index contributed by atoms with van der Waals surface area (Å²) in [6, 6.07) is 5.60. The molecule has 32 heavy (non-hydrogen) atoms. The van der Waals surface area contributed by atoms with Crippen molar-refractivity contribution in [2.45, 2.75) is 39.7 Å². The number of amides is 2. The fourth-order valence-corrected chi connectivity index (χ4v) is 4.36. The molecule has 9 heteroatoms. The number of anilines is 2. The number of nitrogens with zero attached hydrogens (tertiary/aromatic N) is 4. The van der Waals surface area contributed by atoms with E-state index >= 15 is 0 Å². The van der Waals surface area contributed by atoms with Crippen LogP contribution in [0.5, 0.6) is 0 Å². The molecule has 4 heterocycles. The van der Waals surface area contributed by atoms with Crippen molar-refractivity contribution in [3.8, 4) is 0 Å². The van der Waals surface area contributed by atoms with Crippen molar-refractivity contribution < 1.29 is 14.8 Å². The largest absolute Gasteiger partial charge is 0.365 e. The molecule has 0 spiro atoms. The molecule has 0 radical (unpaired) electrons. The Morgan fingerprint density at radius 2 is 1.97 bits per heavy atom. The first-order chi connectivity index (χ1) is 15.4. The fraction of sp³-hybridized carbons (Fsp3) is 0.478. The van der Waals surface area contributed by atoms with Gasteiger partial charge in [-0.25, -0.2) is 10.5 Å². The first-order valence-corrected chi connectivity index (χ1v) is 11.1. The molecule has 2 amide bonds. The highest BCUT2D eigenvalue weighted by Gasteiger charge is 2.36. The van der Waals surface area contributed by atoms with Gasteiger partial charge in [-0.1, -0.05) is 13.8 Å². The van der Waals surface area contributed by atoms with Crippen LogP contribution in [0.15, 0.2) is 30.6 Å². The lowest BCUT2D eigenvalue weighted by atomic mass is 9.79. The van der Waals surface area contributed by atoms with Crippen LogP contribution in [0.3, 0.4) is 0 Å². The molecule has 0 bridgehead atoms.